The molecule has 0 unspecified atom stereocenters. The van der Waals surface area contributed by atoms with Gasteiger partial charge < -0.3 is 24.1 Å². The summed E-state index contributed by atoms with van der Waals surface area (Å²) >= 11 is 0. The lowest BCUT2D eigenvalue weighted by atomic mass is 10.3. The molecule has 2 aromatic rings. The average Bonchev–Trinajstić information content (AvgIpc) is 3.11. The number of hydrogen-bond acceptors (Lipinski definition) is 6. The first-order valence-corrected chi connectivity index (χ1v) is 6.46. The van der Waals surface area contributed by atoms with E-state index >= 15 is 0 Å². The molecule has 0 saturated carbocycles. The smallest absolute Gasteiger partial charge is 0.273 e. The van der Waals surface area contributed by atoms with Gasteiger partial charge in [-0.15, -0.1) is 0 Å². The van der Waals surface area contributed by atoms with E-state index in [4.69, 9.17) is 18.7 Å². The van der Waals surface area contributed by atoms with Crippen molar-refractivity contribution >= 4 is 5.91 Å². The summed E-state index contributed by atoms with van der Waals surface area (Å²) < 4.78 is 20.8. The number of aryl methyl sites for hydroxylation is 1. The van der Waals surface area contributed by atoms with Gasteiger partial charge in [-0.05, 0) is 19.1 Å². The van der Waals surface area contributed by atoms with Gasteiger partial charge in [0.25, 0.3) is 5.91 Å². The van der Waals surface area contributed by atoms with Crippen molar-refractivity contribution in [1.82, 2.24) is 10.5 Å². The van der Waals surface area contributed by atoms with Crippen molar-refractivity contribution in [3.8, 4) is 17.2 Å². The lowest BCUT2D eigenvalue weighted by molar-refractivity contribution is 0.0938. The van der Waals surface area contributed by atoms with E-state index in [9.17, 15) is 4.79 Å². The second-order valence-corrected chi connectivity index (χ2v) is 4.44. The predicted molar refractivity (Wildman–Crippen MR) is 71.6 cm³/mol. The SMILES string of the molecule is Cc1cc(C(=O)NCCOc2ccc3c(c2)OCO3)no1. The summed E-state index contributed by atoms with van der Waals surface area (Å²) in [6, 6.07) is 6.91. The minimum Gasteiger partial charge on any atom is -0.492 e. The molecule has 1 aromatic carbocycles. The van der Waals surface area contributed by atoms with Crippen LogP contribution in [0.25, 0.3) is 0 Å². The van der Waals surface area contributed by atoms with Crippen LogP contribution in [0.15, 0.2) is 28.8 Å². The number of rotatable bonds is 5. The normalized spacial score (nSPS) is 12.2. The third-order valence-electron chi connectivity index (χ3n) is 2.86. The molecular formula is C14H14N2O5. The van der Waals surface area contributed by atoms with Crippen molar-refractivity contribution in [2.45, 2.75) is 6.92 Å². The molecule has 1 aliphatic heterocycles. The van der Waals surface area contributed by atoms with Crippen LogP contribution in [-0.4, -0.2) is 31.0 Å². The highest BCUT2D eigenvalue weighted by atomic mass is 16.7. The van der Waals surface area contributed by atoms with Crippen LogP contribution >= 0.6 is 0 Å². The molecule has 110 valence electrons. The monoisotopic (exact) mass is 290 g/mol. The standard InChI is InChI=1S/C14H14N2O5/c1-9-6-11(16-21-9)14(17)15-4-5-18-10-2-3-12-13(7-10)20-8-19-12/h2-3,6-7H,4-5,8H2,1H3,(H,15,17). The second kappa shape index (κ2) is 5.74. The Morgan fingerprint density at radius 1 is 1.33 bits per heavy atom. The Hall–Kier alpha value is -2.70. The highest BCUT2D eigenvalue weighted by Crippen LogP contribution is 2.34. The van der Waals surface area contributed by atoms with E-state index in [0.29, 0.717) is 36.2 Å². The van der Waals surface area contributed by atoms with Crippen molar-refractivity contribution in [2.75, 3.05) is 19.9 Å². The molecule has 0 fully saturated rings. The second-order valence-electron chi connectivity index (χ2n) is 4.44. The Kier molecular flexibility index (Phi) is 3.63. The number of carbonyl (C=O) groups is 1. The summed E-state index contributed by atoms with van der Waals surface area (Å²) in [6.07, 6.45) is 0. The lowest BCUT2D eigenvalue weighted by Crippen LogP contribution is -2.28. The van der Waals surface area contributed by atoms with Crippen LogP contribution in [0, 0.1) is 6.92 Å². The number of aromatic nitrogens is 1. The molecule has 0 saturated heterocycles. The highest BCUT2D eigenvalue weighted by Gasteiger charge is 2.14. The fourth-order valence-corrected chi connectivity index (χ4v) is 1.86. The number of ether oxygens (including phenoxy) is 3. The quantitative estimate of drug-likeness (QED) is 0.841. The number of benzene rings is 1. The average molecular weight is 290 g/mol. The molecule has 0 aliphatic carbocycles. The van der Waals surface area contributed by atoms with Gasteiger partial charge in [-0.1, -0.05) is 5.16 Å². The van der Waals surface area contributed by atoms with E-state index in [-0.39, 0.29) is 18.4 Å². The van der Waals surface area contributed by atoms with E-state index in [2.05, 4.69) is 10.5 Å². The fourth-order valence-electron chi connectivity index (χ4n) is 1.86. The van der Waals surface area contributed by atoms with Gasteiger partial charge in [-0.2, -0.15) is 0 Å². The predicted octanol–water partition coefficient (Wildman–Crippen LogP) is 1.52. The molecule has 1 amide bonds. The maximum atomic E-state index is 11.7. The van der Waals surface area contributed by atoms with E-state index < -0.39 is 0 Å². The minimum atomic E-state index is -0.291. The topological polar surface area (TPSA) is 82.8 Å². The molecule has 7 nitrogen and oxygen atoms in total. The van der Waals surface area contributed by atoms with Crippen LogP contribution in [0.1, 0.15) is 16.2 Å². The number of amides is 1. The van der Waals surface area contributed by atoms with Crippen molar-refractivity contribution in [2.24, 2.45) is 0 Å². The van der Waals surface area contributed by atoms with Crippen molar-refractivity contribution in [3.05, 3.63) is 35.7 Å². The van der Waals surface area contributed by atoms with Gasteiger partial charge in [-0.3, -0.25) is 4.79 Å². The Balaban J connectivity index is 1.45. The van der Waals surface area contributed by atoms with Crippen LogP contribution in [0.3, 0.4) is 0 Å². The molecule has 3 rings (SSSR count). The van der Waals surface area contributed by atoms with Crippen LogP contribution in [-0.2, 0) is 0 Å². The number of nitrogens with one attached hydrogen (secondary N) is 1. The number of hydrogen-bond donors (Lipinski definition) is 1. The molecule has 21 heavy (non-hydrogen) atoms. The van der Waals surface area contributed by atoms with Gasteiger partial charge in [0.15, 0.2) is 17.2 Å². The van der Waals surface area contributed by atoms with E-state index in [0.717, 1.165) is 0 Å². The van der Waals surface area contributed by atoms with Crippen LogP contribution in [0.5, 0.6) is 17.2 Å². The van der Waals surface area contributed by atoms with E-state index in [1.807, 2.05) is 0 Å². The zero-order chi connectivity index (χ0) is 14.7. The molecule has 0 atom stereocenters. The molecule has 0 bridgehead atoms. The third-order valence-corrected chi connectivity index (χ3v) is 2.86. The summed E-state index contributed by atoms with van der Waals surface area (Å²) in [7, 11) is 0. The van der Waals surface area contributed by atoms with Gasteiger partial charge >= 0.3 is 0 Å². The Bertz CT molecular complexity index is 653. The molecule has 7 heteroatoms. The van der Waals surface area contributed by atoms with Crippen molar-refractivity contribution in [1.29, 1.82) is 0 Å². The van der Waals surface area contributed by atoms with Gasteiger partial charge in [0.05, 0.1) is 6.54 Å². The van der Waals surface area contributed by atoms with E-state index in [1.54, 1.807) is 31.2 Å². The maximum absolute atomic E-state index is 11.7. The Labute approximate surface area is 120 Å². The summed E-state index contributed by atoms with van der Waals surface area (Å²) in [4.78, 5) is 11.7. The number of nitrogens with zero attached hydrogens (tertiary/aromatic N) is 1. The zero-order valence-corrected chi connectivity index (χ0v) is 11.4. The van der Waals surface area contributed by atoms with Gasteiger partial charge in [-0.25, -0.2) is 0 Å². The van der Waals surface area contributed by atoms with E-state index in [1.165, 1.54) is 0 Å². The molecule has 0 radical (unpaired) electrons. The maximum Gasteiger partial charge on any atom is 0.273 e. The fraction of sp³-hybridized carbons (Fsp3) is 0.286. The van der Waals surface area contributed by atoms with Gasteiger partial charge in [0, 0.05) is 12.1 Å². The van der Waals surface area contributed by atoms with Crippen molar-refractivity contribution < 1.29 is 23.5 Å². The van der Waals surface area contributed by atoms with Crippen LogP contribution in [0.4, 0.5) is 0 Å². The van der Waals surface area contributed by atoms with Crippen molar-refractivity contribution in [3.63, 3.8) is 0 Å². The summed E-state index contributed by atoms with van der Waals surface area (Å²) in [5.74, 6) is 2.33. The largest absolute Gasteiger partial charge is 0.492 e. The minimum absolute atomic E-state index is 0.228. The summed E-state index contributed by atoms with van der Waals surface area (Å²) in [6.45, 7) is 2.65. The molecule has 1 aliphatic rings. The van der Waals surface area contributed by atoms with Crippen LogP contribution < -0.4 is 19.5 Å². The number of fused-ring (bicyclic) bond motifs is 1. The Morgan fingerprint density at radius 2 is 2.19 bits per heavy atom. The molecule has 1 aromatic heterocycles. The molecule has 2 heterocycles. The zero-order valence-electron chi connectivity index (χ0n) is 11.4. The summed E-state index contributed by atoms with van der Waals surface area (Å²) in [5.41, 5.74) is 0.260. The number of carbonyl (C=O) groups excluding carboxylic acids is 1. The molecule has 1 N–H and O–H groups in total. The Morgan fingerprint density at radius 3 is 3.00 bits per heavy atom. The third kappa shape index (κ3) is 3.07. The van der Waals surface area contributed by atoms with Gasteiger partial charge in [0.1, 0.15) is 18.1 Å². The first kappa shape index (κ1) is 13.3. The summed E-state index contributed by atoms with van der Waals surface area (Å²) in [5, 5.41) is 6.33. The lowest BCUT2D eigenvalue weighted by Gasteiger charge is -2.07. The van der Waals surface area contributed by atoms with Gasteiger partial charge in [0.2, 0.25) is 6.79 Å². The first-order chi connectivity index (χ1) is 10.2. The molecular weight excluding hydrogens is 276 g/mol. The highest BCUT2D eigenvalue weighted by molar-refractivity contribution is 5.92. The molecule has 0 spiro atoms. The van der Waals surface area contributed by atoms with Crippen LogP contribution in [0.2, 0.25) is 0 Å². The first-order valence-electron chi connectivity index (χ1n) is 6.46.